The van der Waals surface area contributed by atoms with Gasteiger partial charge in [-0.05, 0) is 24.3 Å². The summed E-state index contributed by atoms with van der Waals surface area (Å²) in [6, 6.07) is 8.03. The van der Waals surface area contributed by atoms with Crippen molar-refractivity contribution >= 4 is 11.4 Å². The zero-order valence-corrected chi connectivity index (χ0v) is 12.5. The third kappa shape index (κ3) is 6.01. The number of nitrogens with one attached hydrogen (secondary N) is 1. The molecule has 0 aliphatic carbocycles. The molecular formula is C14H24N5+. The third-order valence-corrected chi connectivity index (χ3v) is 2.53. The van der Waals surface area contributed by atoms with Gasteiger partial charge in [0, 0.05) is 33.9 Å². The average molecular weight is 262 g/mol. The fraction of sp³-hybridized carbons (Fsp3) is 0.429. The van der Waals surface area contributed by atoms with Crippen LogP contribution < -0.4 is 9.80 Å². The maximum Gasteiger partial charge on any atom is 0.194 e. The lowest BCUT2D eigenvalue weighted by Crippen LogP contribution is -3.03. The zero-order valence-electron chi connectivity index (χ0n) is 12.5. The van der Waals surface area contributed by atoms with Crippen molar-refractivity contribution in [1.82, 2.24) is 4.90 Å². The van der Waals surface area contributed by atoms with Gasteiger partial charge in [0.1, 0.15) is 6.20 Å². The third-order valence-electron chi connectivity index (χ3n) is 2.53. The summed E-state index contributed by atoms with van der Waals surface area (Å²) in [4.78, 5) is 5.24. The highest BCUT2D eigenvalue weighted by Gasteiger charge is 1.96. The van der Waals surface area contributed by atoms with Gasteiger partial charge in [-0.25, -0.2) is 0 Å². The zero-order chi connectivity index (χ0) is 14.3. The monoisotopic (exact) mass is 262 g/mol. The topological polar surface area (TPSA) is 35.6 Å². The number of hydrogen-bond donors (Lipinski definition) is 1. The standard InChI is InChI=1S/C14H23N5/c1-17(2)10-11-19(5)12-15-16-13-6-8-14(9-7-13)18(3)4/h6-11H,12H2,1-5H3/p+1/b11-10-,16-15?. The van der Waals surface area contributed by atoms with Gasteiger partial charge in [-0.3, -0.25) is 4.90 Å². The van der Waals surface area contributed by atoms with Crippen molar-refractivity contribution in [2.45, 2.75) is 0 Å². The van der Waals surface area contributed by atoms with Crippen molar-refractivity contribution in [2.24, 2.45) is 10.2 Å². The van der Waals surface area contributed by atoms with E-state index < -0.39 is 0 Å². The Morgan fingerprint density at radius 3 is 2.26 bits per heavy atom. The minimum atomic E-state index is 0.625. The molecule has 104 valence electrons. The molecule has 0 saturated heterocycles. The van der Waals surface area contributed by atoms with E-state index in [0.29, 0.717) is 6.67 Å². The molecule has 0 spiro atoms. The van der Waals surface area contributed by atoms with Gasteiger partial charge in [0.2, 0.25) is 0 Å². The van der Waals surface area contributed by atoms with Gasteiger partial charge in [0.15, 0.2) is 6.67 Å². The molecule has 0 aromatic heterocycles. The van der Waals surface area contributed by atoms with Crippen molar-refractivity contribution in [1.29, 1.82) is 0 Å². The number of benzene rings is 1. The van der Waals surface area contributed by atoms with Gasteiger partial charge in [-0.15, -0.1) is 5.11 Å². The molecular weight excluding hydrogens is 238 g/mol. The summed E-state index contributed by atoms with van der Waals surface area (Å²) in [5.41, 5.74) is 2.05. The van der Waals surface area contributed by atoms with E-state index >= 15 is 0 Å². The highest BCUT2D eigenvalue weighted by molar-refractivity contribution is 5.51. The molecule has 1 unspecified atom stereocenters. The second kappa shape index (κ2) is 7.53. The molecule has 19 heavy (non-hydrogen) atoms. The van der Waals surface area contributed by atoms with Crippen LogP contribution >= 0.6 is 0 Å². The Hall–Kier alpha value is -1.88. The van der Waals surface area contributed by atoms with Gasteiger partial charge >= 0.3 is 0 Å². The number of rotatable bonds is 6. The van der Waals surface area contributed by atoms with E-state index in [-0.39, 0.29) is 0 Å². The minimum Gasteiger partial charge on any atom is -0.379 e. The Bertz CT molecular complexity index is 420. The van der Waals surface area contributed by atoms with E-state index in [2.05, 4.69) is 15.1 Å². The first-order valence-electron chi connectivity index (χ1n) is 6.31. The molecule has 0 radical (unpaired) electrons. The molecule has 1 aromatic rings. The van der Waals surface area contributed by atoms with Crippen LogP contribution in [0.4, 0.5) is 11.4 Å². The maximum absolute atomic E-state index is 4.21. The van der Waals surface area contributed by atoms with Gasteiger partial charge in [0.25, 0.3) is 0 Å². The Labute approximate surface area is 115 Å². The SMILES string of the molecule is CN(C)/C=C\[NH+](C)CN=Nc1ccc(N(C)C)cc1. The molecule has 1 rings (SSSR count). The fourth-order valence-electron chi connectivity index (χ4n) is 1.37. The molecule has 1 atom stereocenters. The first kappa shape index (κ1) is 15.2. The van der Waals surface area contributed by atoms with Crippen molar-refractivity contribution in [3.8, 4) is 0 Å². The van der Waals surface area contributed by atoms with Crippen LogP contribution in [0.15, 0.2) is 46.9 Å². The molecule has 1 N–H and O–H groups in total. The summed E-state index contributed by atoms with van der Waals surface area (Å²) in [6.07, 6.45) is 4.06. The molecule has 5 nitrogen and oxygen atoms in total. The summed E-state index contributed by atoms with van der Waals surface area (Å²) in [5.74, 6) is 0. The van der Waals surface area contributed by atoms with Crippen LogP contribution in [-0.4, -0.2) is 46.8 Å². The maximum atomic E-state index is 4.21. The van der Waals surface area contributed by atoms with Crippen LogP contribution in [-0.2, 0) is 0 Å². The van der Waals surface area contributed by atoms with E-state index in [1.807, 2.05) is 76.8 Å². The normalized spacial score (nSPS) is 13.1. The van der Waals surface area contributed by atoms with Crippen LogP contribution in [0.2, 0.25) is 0 Å². The molecule has 1 aromatic carbocycles. The first-order chi connectivity index (χ1) is 8.99. The van der Waals surface area contributed by atoms with Crippen molar-refractivity contribution < 1.29 is 4.90 Å². The molecule has 0 heterocycles. The van der Waals surface area contributed by atoms with Crippen LogP contribution in [0.1, 0.15) is 0 Å². The van der Waals surface area contributed by atoms with Crippen LogP contribution in [0.5, 0.6) is 0 Å². The number of hydrogen-bond acceptors (Lipinski definition) is 4. The van der Waals surface area contributed by atoms with Crippen molar-refractivity contribution in [3.05, 3.63) is 36.7 Å². The first-order valence-corrected chi connectivity index (χ1v) is 6.31. The van der Waals surface area contributed by atoms with Gasteiger partial charge in [-0.2, -0.15) is 5.11 Å². The number of anilines is 1. The highest BCUT2D eigenvalue weighted by Crippen LogP contribution is 2.17. The van der Waals surface area contributed by atoms with E-state index in [1.54, 1.807) is 0 Å². The summed E-state index contributed by atoms with van der Waals surface area (Å²) in [7, 11) is 10.1. The van der Waals surface area contributed by atoms with E-state index in [4.69, 9.17) is 0 Å². The van der Waals surface area contributed by atoms with Gasteiger partial charge in [-0.1, -0.05) is 0 Å². The van der Waals surface area contributed by atoms with Crippen LogP contribution in [0.3, 0.4) is 0 Å². The largest absolute Gasteiger partial charge is 0.379 e. The number of azo groups is 1. The summed E-state index contributed by atoms with van der Waals surface area (Å²) < 4.78 is 0. The van der Waals surface area contributed by atoms with Crippen LogP contribution in [0.25, 0.3) is 0 Å². The Kier molecular flexibility index (Phi) is 6.02. The minimum absolute atomic E-state index is 0.625. The second-order valence-corrected chi connectivity index (χ2v) is 4.94. The number of quaternary nitrogens is 1. The predicted molar refractivity (Wildman–Crippen MR) is 79.9 cm³/mol. The lowest BCUT2D eigenvalue weighted by atomic mass is 10.3. The predicted octanol–water partition coefficient (Wildman–Crippen LogP) is 1.34. The molecule has 0 bridgehead atoms. The fourth-order valence-corrected chi connectivity index (χ4v) is 1.37. The molecule has 0 fully saturated rings. The summed E-state index contributed by atoms with van der Waals surface area (Å²) in [5, 5.41) is 8.41. The quantitative estimate of drug-likeness (QED) is 0.785. The Morgan fingerprint density at radius 1 is 1.11 bits per heavy atom. The second-order valence-electron chi connectivity index (χ2n) is 4.94. The Morgan fingerprint density at radius 2 is 1.74 bits per heavy atom. The number of nitrogens with zero attached hydrogens (tertiary/aromatic N) is 4. The smallest absolute Gasteiger partial charge is 0.194 e. The summed E-state index contributed by atoms with van der Waals surface area (Å²) in [6.45, 7) is 0.625. The molecule has 0 aliphatic rings. The Balaban J connectivity index is 2.48. The summed E-state index contributed by atoms with van der Waals surface area (Å²) >= 11 is 0. The highest BCUT2D eigenvalue weighted by atomic mass is 15.2. The molecule has 0 saturated carbocycles. The molecule has 0 aliphatic heterocycles. The lowest BCUT2D eigenvalue weighted by Gasteiger charge is -2.11. The lowest BCUT2D eigenvalue weighted by molar-refractivity contribution is -0.824. The van der Waals surface area contributed by atoms with Crippen LogP contribution in [0, 0.1) is 0 Å². The van der Waals surface area contributed by atoms with Gasteiger partial charge < -0.3 is 9.80 Å². The van der Waals surface area contributed by atoms with Crippen molar-refractivity contribution in [3.63, 3.8) is 0 Å². The van der Waals surface area contributed by atoms with E-state index in [1.165, 1.54) is 4.90 Å². The average Bonchev–Trinajstić information content (AvgIpc) is 2.37. The van der Waals surface area contributed by atoms with E-state index in [9.17, 15) is 0 Å². The molecule has 5 heteroatoms. The van der Waals surface area contributed by atoms with Crippen molar-refractivity contribution in [2.75, 3.05) is 46.8 Å². The van der Waals surface area contributed by atoms with Gasteiger partial charge in [0.05, 0.1) is 18.9 Å². The van der Waals surface area contributed by atoms with E-state index in [0.717, 1.165) is 11.4 Å². The molecule has 0 amide bonds.